The summed E-state index contributed by atoms with van der Waals surface area (Å²) < 4.78 is 5.62. The Morgan fingerprint density at radius 2 is 2.00 bits per heavy atom. The van der Waals surface area contributed by atoms with Crippen LogP contribution >= 0.6 is 0 Å². The molecule has 2 rings (SSSR count). The quantitative estimate of drug-likeness (QED) is 0.802. The molecular formula is C13H18O2. The molecular weight excluding hydrogens is 188 g/mol. The van der Waals surface area contributed by atoms with Crippen molar-refractivity contribution in [3.8, 4) is 5.75 Å². The number of hydrogen-bond acceptors (Lipinski definition) is 2. The summed E-state index contributed by atoms with van der Waals surface area (Å²) in [7, 11) is 0. The van der Waals surface area contributed by atoms with E-state index >= 15 is 0 Å². The highest BCUT2D eigenvalue weighted by Crippen LogP contribution is 2.51. The summed E-state index contributed by atoms with van der Waals surface area (Å²) in [5.74, 6) is 0.916. The Labute approximate surface area is 90.9 Å². The number of benzene rings is 1. The molecule has 1 aromatic rings. The highest BCUT2D eigenvalue weighted by molar-refractivity contribution is 5.20. The molecule has 0 heterocycles. The first-order valence-corrected chi connectivity index (χ1v) is 5.59. The first kappa shape index (κ1) is 10.5. The zero-order chi connectivity index (χ0) is 10.7. The Bertz CT molecular complexity index is 302. The molecule has 1 unspecified atom stereocenters. The van der Waals surface area contributed by atoms with Crippen LogP contribution in [0.2, 0.25) is 0 Å². The predicted octanol–water partition coefficient (Wildman–Crippen LogP) is 2.62. The molecule has 1 atom stereocenters. The van der Waals surface area contributed by atoms with Gasteiger partial charge in [0.2, 0.25) is 0 Å². The second kappa shape index (κ2) is 4.23. The standard InChI is InChI=1S/C13H18O2/c1-11(14)13(7-8-13)9-10-15-12-5-3-2-4-6-12/h2-6,11,14H,7-10H2,1H3. The van der Waals surface area contributed by atoms with Gasteiger partial charge in [0.1, 0.15) is 5.75 Å². The van der Waals surface area contributed by atoms with E-state index in [0.717, 1.165) is 25.0 Å². The molecule has 1 aromatic carbocycles. The summed E-state index contributed by atoms with van der Waals surface area (Å²) in [5, 5.41) is 9.58. The first-order valence-electron chi connectivity index (χ1n) is 5.59. The van der Waals surface area contributed by atoms with Gasteiger partial charge in [-0.2, -0.15) is 0 Å². The molecule has 0 spiro atoms. The average Bonchev–Trinajstić information content (AvgIpc) is 3.01. The van der Waals surface area contributed by atoms with Gasteiger partial charge in [-0.1, -0.05) is 18.2 Å². The number of rotatable bonds is 5. The Hall–Kier alpha value is -1.02. The molecule has 1 saturated carbocycles. The normalized spacial score (nSPS) is 19.6. The lowest BCUT2D eigenvalue weighted by molar-refractivity contribution is 0.0925. The van der Waals surface area contributed by atoms with Gasteiger partial charge in [0.25, 0.3) is 0 Å². The number of para-hydroxylation sites is 1. The largest absolute Gasteiger partial charge is 0.494 e. The molecule has 0 radical (unpaired) electrons. The third kappa shape index (κ3) is 2.51. The lowest BCUT2D eigenvalue weighted by Crippen LogP contribution is -2.20. The van der Waals surface area contributed by atoms with Crippen molar-refractivity contribution in [3.63, 3.8) is 0 Å². The van der Waals surface area contributed by atoms with Crippen molar-refractivity contribution in [1.82, 2.24) is 0 Å². The van der Waals surface area contributed by atoms with Crippen molar-refractivity contribution in [1.29, 1.82) is 0 Å². The first-order chi connectivity index (χ1) is 7.23. The van der Waals surface area contributed by atoms with Crippen LogP contribution in [0.25, 0.3) is 0 Å². The maximum Gasteiger partial charge on any atom is 0.119 e. The summed E-state index contributed by atoms with van der Waals surface area (Å²) in [4.78, 5) is 0. The van der Waals surface area contributed by atoms with Crippen molar-refractivity contribution in [2.45, 2.75) is 32.3 Å². The monoisotopic (exact) mass is 206 g/mol. The van der Waals surface area contributed by atoms with Crippen LogP contribution in [0.3, 0.4) is 0 Å². The highest BCUT2D eigenvalue weighted by atomic mass is 16.5. The zero-order valence-electron chi connectivity index (χ0n) is 9.15. The second-order valence-corrected chi connectivity index (χ2v) is 4.45. The highest BCUT2D eigenvalue weighted by Gasteiger charge is 2.46. The summed E-state index contributed by atoms with van der Waals surface area (Å²) >= 11 is 0. The summed E-state index contributed by atoms with van der Waals surface area (Å²) in [5.41, 5.74) is 0.161. The maximum absolute atomic E-state index is 9.58. The Kier molecular flexibility index (Phi) is 2.96. The van der Waals surface area contributed by atoms with E-state index in [1.165, 1.54) is 0 Å². The van der Waals surface area contributed by atoms with Crippen molar-refractivity contribution >= 4 is 0 Å². The maximum atomic E-state index is 9.58. The number of aliphatic hydroxyl groups is 1. The van der Waals surface area contributed by atoms with E-state index in [9.17, 15) is 5.11 Å². The van der Waals surface area contributed by atoms with Crippen LogP contribution in [-0.4, -0.2) is 17.8 Å². The van der Waals surface area contributed by atoms with E-state index in [0.29, 0.717) is 6.61 Å². The van der Waals surface area contributed by atoms with Gasteiger partial charge in [-0.25, -0.2) is 0 Å². The molecule has 1 N–H and O–H groups in total. The zero-order valence-corrected chi connectivity index (χ0v) is 9.15. The molecule has 2 heteroatoms. The molecule has 82 valence electrons. The summed E-state index contributed by atoms with van der Waals surface area (Å²) in [6.07, 6.45) is 3.04. The second-order valence-electron chi connectivity index (χ2n) is 4.45. The van der Waals surface area contributed by atoms with Gasteiger partial charge in [0.05, 0.1) is 12.7 Å². The van der Waals surface area contributed by atoms with Crippen LogP contribution in [0.15, 0.2) is 30.3 Å². The van der Waals surface area contributed by atoms with E-state index < -0.39 is 0 Å². The third-order valence-electron chi connectivity index (χ3n) is 3.39. The molecule has 0 saturated heterocycles. The number of aliphatic hydroxyl groups excluding tert-OH is 1. The molecule has 0 aromatic heterocycles. The van der Waals surface area contributed by atoms with Gasteiger partial charge in [-0.05, 0) is 43.7 Å². The number of hydrogen-bond donors (Lipinski definition) is 1. The molecule has 1 fully saturated rings. The van der Waals surface area contributed by atoms with Crippen LogP contribution in [-0.2, 0) is 0 Å². The molecule has 1 aliphatic rings. The van der Waals surface area contributed by atoms with Gasteiger partial charge >= 0.3 is 0 Å². The molecule has 2 nitrogen and oxygen atoms in total. The molecule has 0 bridgehead atoms. The van der Waals surface area contributed by atoms with Gasteiger partial charge in [-0.15, -0.1) is 0 Å². The van der Waals surface area contributed by atoms with Gasteiger partial charge < -0.3 is 9.84 Å². The van der Waals surface area contributed by atoms with Crippen molar-refractivity contribution in [2.75, 3.05) is 6.61 Å². The lowest BCUT2D eigenvalue weighted by atomic mass is 9.97. The Balaban J connectivity index is 1.76. The Morgan fingerprint density at radius 1 is 1.33 bits per heavy atom. The minimum absolute atomic E-state index is 0.161. The number of ether oxygens (including phenoxy) is 1. The molecule has 15 heavy (non-hydrogen) atoms. The van der Waals surface area contributed by atoms with E-state index in [1.54, 1.807) is 0 Å². The third-order valence-corrected chi connectivity index (χ3v) is 3.39. The molecule has 0 aliphatic heterocycles. The predicted molar refractivity (Wildman–Crippen MR) is 59.9 cm³/mol. The van der Waals surface area contributed by atoms with Gasteiger partial charge in [0.15, 0.2) is 0 Å². The Morgan fingerprint density at radius 3 is 2.53 bits per heavy atom. The van der Waals surface area contributed by atoms with E-state index in [1.807, 2.05) is 37.3 Å². The van der Waals surface area contributed by atoms with Gasteiger partial charge in [-0.3, -0.25) is 0 Å². The SMILES string of the molecule is CC(O)C1(CCOc2ccccc2)CC1. The molecule has 1 aliphatic carbocycles. The van der Waals surface area contributed by atoms with Crippen molar-refractivity contribution < 1.29 is 9.84 Å². The fourth-order valence-electron chi connectivity index (χ4n) is 1.93. The van der Waals surface area contributed by atoms with E-state index in [4.69, 9.17) is 4.74 Å². The smallest absolute Gasteiger partial charge is 0.119 e. The van der Waals surface area contributed by atoms with E-state index in [2.05, 4.69) is 0 Å². The minimum Gasteiger partial charge on any atom is -0.494 e. The summed E-state index contributed by atoms with van der Waals surface area (Å²) in [6, 6.07) is 9.84. The van der Waals surface area contributed by atoms with E-state index in [-0.39, 0.29) is 11.5 Å². The average molecular weight is 206 g/mol. The fraction of sp³-hybridized carbons (Fsp3) is 0.538. The van der Waals surface area contributed by atoms with Crippen molar-refractivity contribution in [3.05, 3.63) is 30.3 Å². The van der Waals surface area contributed by atoms with Crippen LogP contribution in [0, 0.1) is 5.41 Å². The summed E-state index contributed by atoms with van der Waals surface area (Å²) in [6.45, 7) is 2.59. The van der Waals surface area contributed by atoms with Crippen LogP contribution < -0.4 is 4.74 Å². The lowest BCUT2D eigenvalue weighted by Gasteiger charge is -2.18. The fourth-order valence-corrected chi connectivity index (χ4v) is 1.93. The van der Waals surface area contributed by atoms with Gasteiger partial charge in [0, 0.05) is 0 Å². The topological polar surface area (TPSA) is 29.5 Å². The minimum atomic E-state index is -0.197. The van der Waals surface area contributed by atoms with Crippen molar-refractivity contribution in [2.24, 2.45) is 5.41 Å². The molecule has 0 amide bonds. The van der Waals surface area contributed by atoms with Crippen LogP contribution in [0.1, 0.15) is 26.2 Å². The van der Waals surface area contributed by atoms with Crippen LogP contribution in [0.5, 0.6) is 5.75 Å². The van der Waals surface area contributed by atoms with Crippen LogP contribution in [0.4, 0.5) is 0 Å².